The molecule has 0 atom stereocenters. The van der Waals surface area contributed by atoms with Crippen molar-refractivity contribution in [1.82, 2.24) is 0 Å². The van der Waals surface area contributed by atoms with Gasteiger partial charge >= 0.3 is 0 Å². The molecule has 1 N–H and O–H groups in total. The Hall–Kier alpha value is -0.120. The van der Waals surface area contributed by atoms with Crippen molar-refractivity contribution in [2.24, 2.45) is 10.8 Å². The van der Waals surface area contributed by atoms with Gasteiger partial charge in [0, 0.05) is 0 Å². The molecule has 0 aliphatic carbocycles. The van der Waals surface area contributed by atoms with Gasteiger partial charge in [0.25, 0.3) is 0 Å². The second kappa shape index (κ2) is 6.58. The van der Waals surface area contributed by atoms with E-state index in [0.29, 0.717) is 26.4 Å². The summed E-state index contributed by atoms with van der Waals surface area (Å²) in [4.78, 5) is 0. The van der Waals surface area contributed by atoms with Crippen molar-refractivity contribution in [3.05, 3.63) is 0 Å². The van der Waals surface area contributed by atoms with Crippen LogP contribution in [-0.4, -0.2) is 37.6 Å². The first kappa shape index (κ1) is 15.9. The van der Waals surface area contributed by atoms with Crippen molar-refractivity contribution in [1.29, 1.82) is 0 Å². The summed E-state index contributed by atoms with van der Waals surface area (Å²) in [5.41, 5.74) is 0.290. The molecule has 0 rings (SSSR count). The van der Waals surface area contributed by atoms with Crippen molar-refractivity contribution in [2.75, 3.05) is 26.4 Å². The van der Waals surface area contributed by atoms with E-state index < -0.39 is 6.10 Å². The predicted octanol–water partition coefficient (Wildman–Crippen LogP) is 2.47. The molecule has 0 heterocycles. The minimum Gasteiger partial charge on any atom is -0.388 e. The van der Waals surface area contributed by atoms with Gasteiger partial charge in [0.05, 0.1) is 26.4 Å². The summed E-state index contributed by atoms with van der Waals surface area (Å²) in [5, 5.41) is 9.59. The molecule has 0 bridgehead atoms. The van der Waals surface area contributed by atoms with Crippen LogP contribution in [0.15, 0.2) is 0 Å². The van der Waals surface area contributed by atoms with Crippen LogP contribution in [0.1, 0.15) is 41.5 Å². The smallest absolute Gasteiger partial charge is 0.101 e. The highest BCUT2D eigenvalue weighted by molar-refractivity contribution is 4.62. The van der Waals surface area contributed by atoms with Crippen LogP contribution in [0.25, 0.3) is 0 Å². The molecule has 0 amide bonds. The lowest BCUT2D eigenvalue weighted by atomic mass is 9.99. The van der Waals surface area contributed by atoms with E-state index >= 15 is 0 Å². The van der Waals surface area contributed by atoms with E-state index in [0.717, 1.165) is 0 Å². The standard InChI is InChI=1S/C13H28O3/c1-12(2,3)9-15-7-11(14)8-16-10-13(4,5)6/h11,14H,7-10H2,1-6H3. The molecule has 98 valence electrons. The fourth-order valence-corrected chi connectivity index (χ4v) is 1.05. The lowest BCUT2D eigenvalue weighted by Crippen LogP contribution is -2.27. The minimum atomic E-state index is -0.523. The Morgan fingerprint density at radius 3 is 1.38 bits per heavy atom. The first-order chi connectivity index (χ1) is 7.10. The number of rotatable bonds is 6. The van der Waals surface area contributed by atoms with Gasteiger partial charge in [-0.15, -0.1) is 0 Å². The molecule has 0 spiro atoms. The van der Waals surface area contributed by atoms with Crippen LogP contribution in [0.3, 0.4) is 0 Å². The van der Waals surface area contributed by atoms with E-state index in [1.807, 2.05) is 0 Å². The lowest BCUT2D eigenvalue weighted by molar-refractivity contribution is -0.0445. The van der Waals surface area contributed by atoms with Crippen LogP contribution in [-0.2, 0) is 9.47 Å². The maximum absolute atomic E-state index is 9.59. The lowest BCUT2D eigenvalue weighted by Gasteiger charge is -2.21. The zero-order valence-electron chi connectivity index (χ0n) is 11.7. The van der Waals surface area contributed by atoms with Crippen LogP contribution in [0, 0.1) is 10.8 Å². The normalized spacial score (nSPS) is 13.5. The monoisotopic (exact) mass is 232 g/mol. The molecule has 0 saturated carbocycles. The minimum absolute atomic E-state index is 0.145. The van der Waals surface area contributed by atoms with Gasteiger partial charge in [0.15, 0.2) is 0 Å². The molecule has 0 saturated heterocycles. The van der Waals surface area contributed by atoms with E-state index in [2.05, 4.69) is 41.5 Å². The molecule has 0 aromatic rings. The van der Waals surface area contributed by atoms with E-state index in [-0.39, 0.29) is 10.8 Å². The number of ether oxygens (including phenoxy) is 2. The summed E-state index contributed by atoms with van der Waals surface area (Å²) < 4.78 is 10.8. The highest BCUT2D eigenvalue weighted by atomic mass is 16.5. The average molecular weight is 232 g/mol. The molecule has 0 aromatic heterocycles. The zero-order chi connectivity index (χ0) is 12.8. The predicted molar refractivity (Wildman–Crippen MR) is 66.6 cm³/mol. The summed E-state index contributed by atoms with van der Waals surface area (Å²) in [5.74, 6) is 0. The van der Waals surface area contributed by atoms with Crippen molar-refractivity contribution >= 4 is 0 Å². The molecule has 3 heteroatoms. The molecule has 0 aliphatic rings. The second-order valence-electron chi connectivity index (χ2n) is 6.81. The number of aliphatic hydroxyl groups is 1. The third-order valence-electron chi connectivity index (χ3n) is 1.69. The van der Waals surface area contributed by atoms with E-state index in [1.54, 1.807) is 0 Å². The highest BCUT2D eigenvalue weighted by Crippen LogP contribution is 2.14. The summed E-state index contributed by atoms with van der Waals surface area (Å²) in [6.45, 7) is 14.6. The highest BCUT2D eigenvalue weighted by Gasteiger charge is 2.14. The molecule has 3 nitrogen and oxygen atoms in total. The first-order valence-electron chi connectivity index (χ1n) is 5.94. The Morgan fingerprint density at radius 2 is 1.12 bits per heavy atom. The molecule has 0 fully saturated rings. The maximum atomic E-state index is 9.59. The Kier molecular flexibility index (Phi) is 6.53. The first-order valence-corrected chi connectivity index (χ1v) is 5.94. The maximum Gasteiger partial charge on any atom is 0.101 e. The van der Waals surface area contributed by atoms with Crippen LogP contribution < -0.4 is 0 Å². The van der Waals surface area contributed by atoms with Crippen LogP contribution in [0.5, 0.6) is 0 Å². The van der Waals surface area contributed by atoms with Gasteiger partial charge in [-0.25, -0.2) is 0 Å². The average Bonchev–Trinajstić information content (AvgIpc) is 1.98. The molecule has 0 radical (unpaired) electrons. The number of hydrogen-bond acceptors (Lipinski definition) is 3. The molecule has 0 unspecified atom stereocenters. The van der Waals surface area contributed by atoms with E-state index in [1.165, 1.54) is 0 Å². The van der Waals surface area contributed by atoms with Crippen molar-refractivity contribution in [3.8, 4) is 0 Å². The summed E-state index contributed by atoms with van der Waals surface area (Å²) >= 11 is 0. The van der Waals surface area contributed by atoms with Gasteiger partial charge in [-0.3, -0.25) is 0 Å². The van der Waals surface area contributed by atoms with E-state index in [4.69, 9.17) is 9.47 Å². The van der Waals surface area contributed by atoms with E-state index in [9.17, 15) is 5.11 Å². The summed E-state index contributed by atoms with van der Waals surface area (Å²) in [6, 6.07) is 0. The third-order valence-corrected chi connectivity index (χ3v) is 1.69. The van der Waals surface area contributed by atoms with Gasteiger partial charge < -0.3 is 14.6 Å². The fraction of sp³-hybridized carbons (Fsp3) is 1.00. The summed E-state index contributed by atoms with van der Waals surface area (Å²) in [6.07, 6.45) is -0.523. The largest absolute Gasteiger partial charge is 0.388 e. The second-order valence-corrected chi connectivity index (χ2v) is 6.81. The SMILES string of the molecule is CC(C)(C)COCC(O)COCC(C)(C)C. The molecular weight excluding hydrogens is 204 g/mol. The topological polar surface area (TPSA) is 38.7 Å². The molecule has 16 heavy (non-hydrogen) atoms. The summed E-state index contributed by atoms with van der Waals surface area (Å²) in [7, 11) is 0. The Balaban J connectivity index is 3.49. The van der Waals surface area contributed by atoms with Gasteiger partial charge in [0.2, 0.25) is 0 Å². The van der Waals surface area contributed by atoms with Crippen LogP contribution in [0.2, 0.25) is 0 Å². The van der Waals surface area contributed by atoms with Gasteiger partial charge in [0.1, 0.15) is 6.10 Å². The number of aliphatic hydroxyl groups excluding tert-OH is 1. The quantitative estimate of drug-likeness (QED) is 0.764. The fourth-order valence-electron chi connectivity index (χ4n) is 1.05. The van der Waals surface area contributed by atoms with Gasteiger partial charge in [-0.1, -0.05) is 41.5 Å². The third kappa shape index (κ3) is 12.0. The zero-order valence-corrected chi connectivity index (χ0v) is 11.7. The number of hydrogen-bond donors (Lipinski definition) is 1. The van der Waals surface area contributed by atoms with Crippen LogP contribution >= 0.6 is 0 Å². The molecule has 0 aromatic carbocycles. The van der Waals surface area contributed by atoms with Gasteiger partial charge in [-0.05, 0) is 10.8 Å². The van der Waals surface area contributed by atoms with Gasteiger partial charge in [-0.2, -0.15) is 0 Å². The van der Waals surface area contributed by atoms with Crippen molar-refractivity contribution < 1.29 is 14.6 Å². The molecule has 0 aliphatic heterocycles. The Morgan fingerprint density at radius 1 is 0.812 bits per heavy atom. The Labute approximate surface area is 100 Å². The Bertz CT molecular complexity index is 157. The van der Waals surface area contributed by atoms with Crippen molar-refractivity contribution in [3.63, 3.8) is 0 Å². The van der Waals surface area contributed by atoms with Crippen LogP contribution in [0.4, 0.5) is 0 Å². The molecular formula is C13H28O3. The van der Waals surface area contributed by atoms with Crippen molar-refractivity contribution in [2.45, 2.75) is 47.6 Å².